The van der Waals surface area contributed by atoms with Crippen molar-refractivity contribution in [3.05, 3.63) is 36.4 Å². The fourth-order valence-electron chi connectivity index (χ4n) is 6.99. The number of allylic oxidation sites excluding steroid dienone is 2. The molecule has 44 heavy (non-hydrogen) atoms. The van der Waals surface area contributed by atoms with Gasteiger partial charge >= 0.3 is 0 Å². The number of benzene rings is 1. The molecule has 0 spiro atoms. The molecule has 1 aromatic carbocycles. The number of ketones is 1. The van der Waals surface area contributed by atoms with E-state index in [-0.39, 0.29) is 49.0 Å². The molecule has 2 aliphatic carbocycles. The summed E-state index contributed by atoms with van der Waals surface area (Å²) in [6.07, 6.45) is 9.71. The van der Waals surface area contributed by atoms with Crippen molar-refractivity contribution in [2.75, 3.05) is 6.54 Å². The van der Waals surface area contributed by atoms with E-state index in [1.165, 1.54) is 0 Å². The van der Waals surface area contributed by atoms with Crippen molar-refractivity contribution in [2.24, 2.45) is 17.3 Å². The van der Waals surface area contributed by atoms with Gasteiger partial charge in [-0.05, 0) is 70.4 Å². The van der Waals surface area contributed by atoms with Crippen LogP contribution >= 0.6 is 0 Å². The van der Waals surface area contributed by atoms with Crippen LogP contribution in [-0.2, 0) is 24.4 Å². The third kappa shape index (κ3) is 6.04. The summed E-state index contributed by atoms with van der Waals surface area (Å²) >= 11 is 0. The Balaban J connectivity index is 1.28. The topological polar surface area (TPSA) is 128 Å². The van der Waals surface area contributed by atoms with E-state index >= 15 is 0 Å². The van der Waals surface area contributed by atoms with Gasteiger partial charge in [-0.3, -0.25) is 23.7 Å². The van der Waals surface area contributed by atoms with E-state index < -0.39 is 38.7 Å². The average Bonchev–Trinajstić information content (AvgIpc) is 3.87. The van der Waals surface area contributed by atoms with Crippen molar-refractivity contribution in [1.82, 2.24) is 19.2 Å². The summed E-state index contributed by atoms with van der Waals surface area (Å²) < 4.78 is 36.2. The largest absolute Gasteiger partial charge is 0.459 e. The highest BCUT2D eigenvalue weighted by Crippen LogP contribution is 2.57. The maximum Gasteiger partial charge on any atom is 0.297 e. The van der Waals surface area contributed by atoms with Crippen molar-refractivity contribution < 1.29 is 27.5 Å². The monoisotopic (exact) mass is 624 g/mol. The van der Waals surface area contributed by atoms with Gasteiger partial charge in [0, 0.05) is 24.8 Å². The first kappa shape index (κ1) is 30.8. The Morgan fingerprint density at radius 2 is 1.89 bits per heavy atom. The van der Waals surface area contributed by atoms with Gasteiger partial charge in [0.2, 0.25) is 21.8 Å². The standard InChI is InChI=1S/C33H44N4O6S/c1-21(2)37-27-14-10-9-13-26(27)34-32(37)43-24-17-28-29(38)19-33(31(40)35-44(41,42)25-15-16-25)18-23(33)12-8-6-4-5-7-11-22(3)30(39)36(28)20-24/h8-10,12-14,21-25,28H,4-7,11,15-20H2,1-3H3,(H,35,40)/b12-8-/t22-,23-,24+,28-,33+/m0/s1. The van der Waals surface area contributed by atoms with E-state index in [2.05, 4.69) is 24.6 Å². The first-order valence-electron chi connectivity index (χ1n) is 16.2. The van der Waals surface area contributed by atoms with E-state index in [9.17, 15) is 22.8 Å². The number of nitrogens with one attached hydrogen (secondary N) is 1. The Kier molecular flexibility index (Phi) is 8.36. The number of nitrogens with zero attached hydrogens (tertiary/aromatic N) is 3. The number of fused-ring (bicyclic) bond motifs is 3. The van der Waals surface area contributed by atoms with Gasteiger partial charge in [0.15, 0.2) is 5.78 Å². The zero-order chi connectivity index (χ0) is 31.2. The SMILES string of the molecule is CC(C)n1c(O[C@@H]2C[C@H]3C(=O)C[C@]4(C(=O)NS(=O)(=O)C5CC5)C[C@@H]4/C=C\CCCCC[C@H](C)C(=O)N3C2)nc2ccccc21. The molecule has 11 heteroatoms. The molecule has 1 aromatic heterocycles. The Hall–Kier alpha value is -3.21. The lowest BCUT2D eigenvalue weighted by molar-refractivity contribution is -0.141. The minimum absolute atomic E-state index is 0.0812. The van der Waals surface area contributed by atoms with Crippen LogP contribution in [0.3, 0.4) is 0 Å². The van der Waals surface area contributed by atoms with Crippen LogP contribution < -0.4 is 9.46 Å². The molecule has 3 heterocycles. The Morgan fingerprint density at radius 3 is 2.64 bits per heavy atom. The van der Waals surface area contributed by atoms with Gasteiger partial charge in [-0.15, -0.1) is 0 Å². The average molecular weight is 625 g/mol. The lowest BCUT2D eigenvalue weighted by Crippen LogP contribution is -2.46. The zero-order valence-corrected chi connectivity index (χ0v) is 26.7. The van der Waals surface area contributed by atoms with E-state index in [0.29, 0.717) is 25.3 Å². The molecule has 0 radical (unpaired) electrons. The summed E-state index contributed by atoms with van der Waals surface area (Å²) in [4.78, 5) is 47.9. The van der Waals surface area contributed by atoms with Gasteiger partial charge in [0.05, 0.1) is 34.3 Å². The summed E-state index contributed by atoms with van der Waals surface area (Å²) in [5.74, 6) is -1.37. The lowest BCUT2D eigenvalue weighted by atomic mass is 9.91. The minimum Gasteiger partial charge on any atom is -0.459 e. The number of rotatable bonds is 6. The molecule has 2 saturated carbocycles. The molecule has 2 aliphatic heterocycles. The molecular formula is C33H44N4O6S. The smallest absolute Gasteiger partial charge is 0.297 e. The highest BCUT2D eigenvalue weighted by Gasteiger charge is 2.61. The predicted molar refractivity (Wildman–Crippen MR) is 166 cm³/mol. The number of carbonyl (C=O) groups is 3. The Bertz CT molecular complexity index is 1580. The van der Waals surface area contributed by atoms with Gasteiger partial charge in [-0.2, -0.15) is 4.98 Å². The molecule has 1 N–H and O–H groups in total. The van der Waals surface area contributed by atoms with E-state index in [4.69, 9.17) is 9.72 Å². The highest BCUT2D eigenvalue weighted by molar-refractivity contribution is 7.90. The summed E-state index contributed by atoms with van der Waals surface area (Å²) in [5.41, 5.74) is 0.639. The number of aromatic nitrogens is 2. The number of ether oxygens (including phenoxy) is 1. The summed E-state index contributed by atoms with van der Waals surface area (Å²) in [7, 11) is -3.76. The van der Waals surface area contributed by atoms with Gasteiger partial charge in [0.1, 0.15) is 6.10 Å². The minimum atomic E-state index is -3.76. The molecule has 2 amide bonds. The third-order valence-corrected chi connectivity index (χ3v) is 11.7. The molecular weight excluding hydrogens is 580 g/mol. The number of carbonyl (C=O) groups excluding carboxylic acids is 3. The van der Waals surface area contributed by atoms with Crippen molar-refractivity contribution >= 4 is 38.7 Å². The first-order valence-corrected chi connectivity index (χ1v) is 17.7. The second kappa shape index (κ2) is 11.9. The Morgan fingerprint density at radius 1 is 1.11 bits per heavy atom. The molecule has 4 aliphatic rings. The number of hydrogen-bond acceptors (Lipinski definition) is 7. The van der Waals surface area contributed by atoms with Crippen molar-refractivity contribution in [2.45, 2.75) is 108 Å². The molecule has 1 saturated heterocycles. The maximum atomic E-state index is 14.1. The molecule has 10 nitrogen and oxygen atoms in total. The van der Waals surface area contributed by atoms with E-state index in [1.54, 1.807) is 4.90 Å². The number of imidazole rings is 1. The third-order valence-electron chi connectivity index (χ3n) is 9.84. The van der Waals surface area contributed by atoms with Crippen LogP contribution in [0.5, 0.6) is 6.01 Å². The van der Waals surface area contributed by atoms with Crippen LogP contribution in [0.15, 0.2) is 36.4 Å². The van der Waals surface area contributed by atoms with E-state index in [1.807, 2.05) is 41.8 Å². The number of sulfonamides is 1. The highest BCUT2D eigenvalue weighted by atomic mass is 32.2. The van der Waals surface area contributed by atoms with Gasteiger partial charge < -0.3 is 9.64 Å². The quantitative estimate of drug-likeness (QED) is 0.462. The maximum absolute atomic E-state index is 14.1. The van der Waals surface area contributed by atoms with Gasteiger partial charge in [0.25, 0.3) is 6.01 Å². The predicted octanol–water partition coefficient (Wildman–Crippen LogP) is 4.70. The second-order valence-corrected chi connectivity index (χ2v) is 15.5. The summed E-state index contributed by atoms with van der Waals surface area (Å²) in [6, 6.07) is 7.59. The molecule has 2 aromatic rings. The van der Waals surface area contributed by atoms with E-state index in [0.717, 1.165) is 43.1 Å². The normalized spacial score (nSPS) is 30.8. The van der Waals surface area contributed by atoms with Crippen molar-refractivity contribution in [3.63, 3.8) is 0 Å². The number of hydrogen-bond donors (Lipinski definition) is 1. The summed E-state index contributed by atoms with van der Waals surface area (Å²) in [5, 5.41) is -0.536. The second-order valence-electron chi connectivity index (χ2n) is 13.6. The van der Waals surface area contributed by atoms with Crippen LogP contribution in [0.25, 0.3) is 11.0 Å². The van der Waals surface area contributed by atoms with Crippen LogP contribution in [0, 0.1) is 17.3 Å². The van der Waals surface area contributed by atoms with Gasteiger partial charge in [-0.1, -0.05) is 44.1 Å². The molecule has 0 unspecified atom stereocenters. The Labute approximate surface area is 259 Å². The number of amides is 2. The first-order chi connectivity index (χ1) is 21.0. The number of Topliss-reactive ketones (excluding diaryl/α,β-unsaturated/α-hetero) is 1. The number of para-hydroxylation sites is 2. The van der Waals surface area contributed by atoms with Crippen molar-refractivity contribution in [3.8, 4) is 6.01 Å². The lowest BCUT2D eigenvalue weighted by Gasteiger charge is -2.27. The van der Waals surface area contributed by atoms with Gasteiger partial charge in [-0.25, -0.2) is 8.42 Å². The molecule has 6 rings (SSSR count). The van der Waals surface area contributed by atoms with Crippen LogP contribution in [0.4, 0.5) is 0 Å². The van der Waals surface area contributed by atoms with Crippen LogP contribution in [-0.4, -0.2) is 64.4 Å². The zero-order valence-electron chi connectivity index (χ0n) is 25.9. The fourth-order valence-corrected chi connectivity index (χ4v) is 8.38. The molecule has 0 bridgehead atoms. The molecule has 238 valence electrons. The summed E-state index contributed by atoms with van der Waals surface area (Å²) in [6.45, 7) is 6.29. The fraction of sp³-hybridized carbons (Fsp3) is 0.636. The van der Waals surface area contributed by atoms with Crippen molar-refractivity contribution in [1.29, 1.82) is 0 Å². The van der Waals surface area contributed by atoms with Crippen LogP contribution in [0.2, 0.25) is 0 Å². The van der Waals surface area contributed by atoms with Crippen LogP contribution in [0.1, 0.15) is 91.0 Å². The molecule has 3 fully saturated rings. The molecule has 5 atom stereocenters.